The van der Waals surface area contributed by atoms with Gasteiger partial charge in [-0.3, -0.25) is 9.59 Å². The van der Waals surface area contributed by atoms with E-state index in [4.69, 9.17) is 10.5 Å². The highest BCUT2D eigenvalue weighted by Gasteiger charge is 2.09. The minimum Gasteiger partial charge on any atom is -0.483 e. The summed E-state index contributed by atoms with van der Waals surface area (Å²) in [7, 11) is 0. The fourth-order valence-corrected chi connectivity index (χ4v) is 1.68. The molecule has 0 heterocycles. The van der Waals surface area contributed by atoms with Gasteiger partial charge in [0.1, 0.15) is 5.75 Å². The van der Waals surface area contributed by atoms with Crippen LogP contribution in [0.2, 0.25) is 0 Å². The molecule has 98 valence electrons. The molecule has 0 saturated carbocycles. The van der Waals surface area contributed by atoms with Gasteiger partial charge in [0, 0.05) is 24.8 Å². The van der Waals surface area contributed by atoms with Gasteiger partial charge in [-0.25, -0.2) is 0 Å². The molecule has 0 saturated heterocycles. The fraction of sp³-hybridized carbons (Fsp3) is 0.385. The van der Waals surface area contributed by atoms with Gasteiger partial charge in [0.05, 0.1) is 5.56 Å². The second-order valence-electron chi connectivity index (χ2n) is 3.77. The van der Waals surface area contributed by atoms with Gasteiger partial charge in [-0.1, -0.05) is 0 Å². The lowest BCUT2D eigenvalue weighted by atomic mass is 10.2. The number of primary amides is 1. The average molecular weight is 250 g/mol. The number of hydrogen-bond donors (Lipinski definition) is 1. The smallest absolute Gasteiger partial charge is 0.255 e. The molecule has 0 radical (unpaired) electrons. The number of rotatable bonds is 7. The van der Waals surface area contributed by atoms with Gasteiger partial charge < -0.3 is 15.4 Å². The molecule has 1 amide bonds. The van der Waals surface area contributed by atoms with Crippen LogP contribution in [-0.2, 0) is 4.79 Å². The van der Waals surface area contributed by atoms with E-state index in [1.807, 2.05) is 19.9 Å². The molecule has 5 heteroatoms. The predicted molar refractivity (Wildman–Crippen MR) is 70.1 cm³/mol. The third-order valence-corrected chi connectivity index (χ3v) is 2.62. The van der Waals surface area contributed by atoms with Crippen molar-refractivity contribution in [1.82, 2.24) is 0 Å². The van der Waals surface area contributed by atoms with Crippen LogP contribution in [0, 0.1) is 0 Å². The zero-order valence-corrected chi connectivity index (χ0v) is 10.7. The summed E-state index contributed by atoms with van der Waals surface area (Å²) in [6, 6.07) is 5.28. The molecule has 0 aliphatic heterocycles. The molecule has 0 bridgehead atoms. The zero-order chi connectivity index (χ0) is 13.5. The van der Waals surface area contributed by atoms with Crippen LogP contribution < -0.4 is 15.4 Å². The van der Waals surface area contributed by atoms with Gasteiger partial charge in [0.15, 0.2) is 12.9 Å². The summed E-state index contributed by atoms with van der Waals surface area (Å²) in [4.78, 5) is 23.7. The average Bonchev–Trinajstić information content (AvgIpc) is 2.38. The number of carbonyl (C=O) groups excluding carboxylic acids is 2. The van der Waals surface area contributed by atoms with Crippen LogP contribution in [0.1, 0.15) is 24.2 Å². The third-order valence-electron chi connectivity index (χ3n) is 2.62. The SMILES string of the molecule is CCN(CC)c1ccc(C=O)c(OCC(N)=O)c1. The standard InChI is InChI=1S/C13H18N2O3/c1-3-15(4-2)11-6-5-10(8-16)12(7-11)18-9-13(14)17/h5-8H,3-4,9H2,1-2H3,(H2,14,17). The molecule has 0 aliphatic carbocycles. The first kappa shape index (κ1) is 14.0. The summed E-state index contributed by atoms with van der Waals surface area (Å²) in [6.07, 6.45) is 0.697. The largest absolute Gasteiger partial charge is 0.483 e. The van der Waals surface area contributed by atoms with Crippen LogP contribution in [0.15, 0.2) is 18.2 Å². The second-order valence-corrected chi connectivity index (χ2v) is 3.77. The van der Waals surface area contributed by atoms with E-state index in [0.29, 0.717) is 17.6 Å². The summed E-state index contributed by atoms with van der Waals surface area (Å²) in [5.41, 5.74) is 6.38. The lowest BCUT2D eigenvalue weighted by Crippen LogP contribution is -2.23. The molecule has 1 aromatic rings. The second kappa shape index (κ2) is 6.64. The number of nitrogens with two attached hydrogens (primary N) is 1. The lowest BCUT2D eigenvalue weighted by Gasteiger charge is -2.22. The third kappa shape index (κ3) is 3.48. The number of benzene rings is 1. The summed E-state index contributed by atoms with van der Waals surface area (Å²) >= 11 is 0. The Morgan fingerprint density at radius 3 is 2.56 bits per heavy atom. The fourth-order valence-electron chi connectivity index (χ4n) is 1.68. The van der Waals surface area contributed by atoms with Crippen molar-refractivity contribution in [3.8, 4) is 5.75 Å². The zero-order valence-electron chi connectivity index (χ0n) is 10.7. The van der Waals surface area contributed by atoms with Crippen molar-refractivity contribution in [3.05, 3.63) is 23.8 Å². The highest BCUT2D eigenvalue weighted by atomic mass is 16.5. The summed E-state index contributed by atoms with van der Waals surface area (Å²) in [5, 5.41) is 0. The Bertz CT molecular complexity index is 428. The van der Waals surface area contributed by atoms with Gasteiger partial charge in [0.2, 0.25) is 0 Å². The summed E-state index contributed by atoms with van der Waals surface area (Å²) in [6.45, 7) is 5.56. The maximum atomic E-state index is 10.9. The topological polar surface area (TPSA) is 72.6 Å². The van der Waals surface area contributed by atoms with Crippen molar-refractivity contribution >= 4 is 17.9 Å². The van der Waals surface area contributed by atoms with E-state index in [1.54, 1.807) is 12.1 Å². The molecule has 0 atom stereocenters. The van der Waals surface area contributed by atoms with Crippen LogP contribution >= 0.6 is 0 Å². The quantitative estimate of drug-likeness (QED) is 0.738. The predicted octanol–water partition coefficient (Wildman–Crippen LogP) is 1.21. The van der Waals surface area contributed by atoms with Crippen LogP contribution in [-0.4, -0.2) is 31.9 Å². The molecule has 0 spiro atoms. The maximum absolute atomic E-state index is 10.9. The van der Waals surface area contributed by atoms with Crippen molar-refractivity contribution in [2.24, 2.45) is 5.73 Å². The van der Waals surface area contributed by atoms with Crippen molar-refractivity contribution in [2.45, 2.75) is 13.8 Å². The Hall–Kier alpha value is -2.04. The van der Waals surface area contributed by atoms with Crippen molar-refractivity contribution in [2.75, 3.05) is 24.6 Å². The lowest BCUT2D eigenvalue weighted by molar-refractivity contribution is -0.119. The molecular weight excluding hydrogens is 232 g/mol. The Balaban J connectivity index is 3.00. The molecule has 2 N–H and O–H groups in total. The van der Waals surface area contributed by atoms with Gasteiger partial charge in [-0.2, -0.15) is 0 Å². The molecule has 5 nitrogen and oxygen atoms in total. The van der Waals surface area contributed by atoms with E-state index in [9.17, 15) is 9.59 Å². The highest BCUT2D eigenvalue weighted by Crippen LogP contribution is 2.24. The van der Waals surface area contributed by atoms with Crippen LogP contribution in [0.3, 0.4) is 0 Å². The van der Waals surface area contributed by atoms with Crippen molar-refractivity contribution in [1.29, 1.82) is 0 Å². The Labute approximate surface area is 107 Å². The van der Waals surface area contributed by atoms with E-state index in [1.165, 1.54) is 0 Å². The van der Waals surface area contributed by atoms with Crippen LogP contribution in [0.5, 0.6) is 5.75 Å². The number of anilines is 1. The Morgan fingerprint density at radius 2 is 2.06 bits per heavy atom. The summed E-state index contributed by atoms with van der Waals surface area (Å²) < 4.78 is 5.24. The van der Waals surface area contributed by atoms with E-state index < -0.39 is 5.91 Å². The van der Waals surface area contributed by atoms with Crippen molar-refractivity contribution < 1.29 is 14.3 Å². The number of hydrogen-bond acceptors (Lipinski definition) is 4. The molecule has 1 rings (SSSR count). The van der Waals surface area contributed by atoms with Crippen LogP contribution in [0.25, 0.3) is 0 Å². The van der Waals surface area contributed by atoms with Crippen molar-refractivity contribution in [3.63, 3.8) is 0 Å². The Morgan fingerprint density at radius 1 is 1.39 bits per heavy atom. The number of ether oxygens (including phenoxy) is 1. The van der Waals surface area contributed by atoms with E-state index in [0.717, 1.165) is 18.8 Å². The molecule has 18 heavy (non-hydrogen) atoms. The maximum Gasteiger partial charge on any atom is 0.255 e. The van der Waals surface area contributed by atoms with Gasteiger partial charge in [0.25, 0.3) is 5.91 Å². The van der Waals surface area contributed by atoms with Gasteiger partial charge in [-0.15, -0.1) is 0 Å². The number of carbonyl (C=O) groups is 2. The van der Waals surface area contributed by atoms with Crippen LogP contribution in [0.4, 0.5) is 5.69 Å². The monoisotopic (exact) mass is 250 g/mol. The Kier molecular flexibility index (Phi) is 5.17. The molecule has 0 aromatic heterocycles. The normalized spacial score (nSPS) is 9.89. The first-order valence-corrected chi connectivity index (χ1v) is 5.87. The minimum absolute atomic E-state index is 0.234. The molecule has 0 aliphatic rings. The molecule has 0 fully saturated rings. The first-order valence-electron chi connectivity index (χ1n) is 5.87. The molecular formula is C13H18N2O3. The minimum atomic E-state index is -0.569. The van der Waals surface area contributed by atoms with E-state index in [-0.39, 0.29) is 6.61 Å². The molecule has 0 unspecified atom stereocenters. The number of nitrogens with zero attached hydrogens (tertiary/aromatic N) is 1. The first-order chi connectivity index (χ1) is 8.62. The van der Waals surface area contributed by atoms with E-state index >= 15 is 0 Å². The highest BCUT2D eigenvalue weighted by molar-refractivity contribution is 5.81. The molecule has 1 aromatic carbocycles. The van der Waals surface area contributed by atoms with Gasteiger partial charge >= 0.3 is 0 Å². The number of amides is 1. The van der Waals surface area contributed by atoms with Gasteiger partial charge in [-0.05, 0) is 26.0 Å². The summed E-state index contributed by atoms with van der Waals surface area (Å²) in [5.74, 6) is -0.187. The number of aldehydes is 1. The van der Waals surface area contributed by atoms with E-state index in [2.05, 4.69) is 4.90 Å².